The standard InChI is InChI=1S/C44H73O10P/c1-3-5-7-9-11-13-15-17-18-19-20-21-22-24-26-28-30-32-34-36-44(48)54-42(40-53-55(49,50)52-38-41(46)37-45)39-51-43(47)35-33-31-29-27-25-23-16-14-12-10-8-6-4-2/h5-8,11-14,17-18,20-21,23,25,41-42,45-46H,3-4,9-10,15-16,19,22,24,26-40H2,1-2H3,(H,49,50)/b7-5-,8-6-,13-11-,14-12-,18-17-,21-20-,25-23-. The van der Waals surface area contributed by atoms with Crippen molar-refractivity contribution in [1.29, 1.82) is 0 Å². The lowest BCUT2D eigenvalue weighted by Gasteiger charge is -2.20. The van der Waals surface area contributed by atoms with Crippen LogP contribution in [0, 0.1) is 0 Å². The van der Waals surface area contributed by atoms with Crippen LogP contribution in [-0.4, -0.2) is 65.7 Å². The van der Waals surface area contributed by atoms with E-state index in [1.165, 1.54) is 0 Å². The molecule has 3 atom stereocenters. The Morgan fingerprint density at radius 2 is 0.945 bits per heavy atom. The summed E-state index contributed by atoms with van der Waals surface area (Å²) in [6, 6.07) is 0. The predicted octanol–water partition coefficient (Wildman–Crippen LogP) is 10.7. The van der Waals surface area contributed by atoms with Crippen LogP contribution in [0.3, 0.4) is 0 Å². The molecule has 0 heterocycles. The number of ether oxygens (including phenoxy) is 2. The van der Waals surface area contributed by atoms with Gasteiger partial charge in [-0.25, -0.2) is 4.57 Å². The molecule has 11 heteroatoms. The zero-order chi connectivity index (χ0) is 40.5. The molecule has 0 amide bonds. The molecule has 3 N–H and O–H groups in total. The first-order valence-electron chi connectivity index (χ1n) is 20.5. The monoisotopic (exact) mass is 792 g/mol. The largest absolute Gasteiger partial charge is 0.472 e. The second kappa shape index (κ2) is 39.4. The Morgan fingerprint density at radius 3 is 1.44 bits per heavy atom. The Morgan fingerprint density at radius 1 is 0.545 bits per heavy atom. The Balaban J connectivity index is 4.40. The van der Waals surface area contributed by atoms with Crippen molar-refractivity contribution in [2.45, 2.75) is 154 Å². The number of hydrogen-bond acceptors (Lipinski definition) is 9. The van der Waals surface area contributed by atoms with Gasteiger partial charge in [-0.2, -0.15) is 0 Å². The SMILES string of the molecule is CC/C=C\C/C=C\C/C=C\C/C=C\CCCCCCCCC(=O)OC(COC(=O)CCCCC/C=C\C/C=C\C/C=C\CC)COP(=O)(O)OCC(O)CO. The summed E-state index contributed by atoms with van der Waals surface area (Å²) in [5.41, 5.74) is 0. The van der Waals surface area contributed by atoms with Crippen LogP contribution in [0.1, 0.15) is 142 Å². The van der Waals surface area contributed by atoms with Crippen molar-refractivity contribution in [2.75, 3.05) is 26.4 Å². The van der Waals surface area contributed by atoms with Gasteiger partial charge in [0.15, 0.2) is 6.10 Å². The second-order valence-corrected chi connectivity index (χ2v) is 14.7. The van der Waals surface area contributed by atoms with Crippen molar-refractivity contribution >= 4 is 19.8 Å². The molecule has 55 heavy (non-hydrogen) atoms. The normalized spacial score (nSPS) is 14.8. The zero-order valence-electron chi connectivity index (χ0n) is 33.9. The summed E-state index contributed by atoms with van der Waals surface area (Å²) < 4.78 is 32.6. The number of phosphoric ester groups is 1. The lowest BCUT2D eigenvalue weighted by atomic mass is 10.1. The molecule has 10 nitrogen and oxygen atoms in total. The van der Waals surface area contributed by atoms with Gasteiger partial charge in [0.2, 0.25) is 0 Å². The fraction of sp³-hybridized carbons (Fsp3) is 0.636. The number of unbranched alkanes of at least 4 members (excludes halogenated alkanes) is 9. The fourth-order valence-corrected chi connectivity index (χ4v) is 5.73. The van der Waals surface area contributed by atoms with Gasteiger partial charge >= 0.3 is 19.8 Å². The molecule has 0 aromatic rings. The van der Waals surface area contributed by atoms with Gasteiger partial charge in [-0.05, 0) is 83.5 Å². The van der Waals surface area contributed by atoms with E-state index >= 15 is 0 Å². The van der Waals surface area contributed by atoms with Crippen LogP contribution < -0.4 is 0 Å². The van der Waals surface area contributed by atoms with Crippen molar-refractivity contribution in [3.63, 3.8) is 0 Å². The van der Waals surface area contributed by atoms with E-state index in [4.69, 9.17) is 19.1 Å². The average Bonchev–Trinajstić information content (AvgIpc) is 3.17. The molecule has 0 aliphatic carbocycles. The topological polar surface area (TPSA) is 149 Å². The Kier molecular flexibility index (Phi) is 37.3. The maximum atomic E-state index is 12.6. The van der Waals surface area contributed by atoms with Gasteiger partial charge in [-0.1, -0.05) is 131 Å². The number of rotatable bonds is 37. The molecule has 0 fully saturated rings. The Labute approximate surface area is 332 Å². The summed E-state index contributed by atoms with van der Waals surface area (Å²) in [6.45, 7) is 2.07. The van der Waals surface area contributed by atoms with E-state index in [1.807, 2.05) is 0 Å². The van der Waals surface area contributed by atoms with Gasteiger partial charge in [-0.15, -0.1) is 0 Å². The van der Waals surface area contributed by atoms with Crippen molar-refractivity contribution in [3.8, 4) is 0 Å². The molecule has 0 radical (unpaired) electrons. The third-order valence-corrected chi connectivity index (χ3v) is 9.00. The number of aliphatic hydroxyl groups excluding tert-OH is 2. The maximum absolute atomic E-state index is 12.6. The number of aliphatic hydroxyl groups is 2. The van der Waals surface area contributed by atoms with Crippen molar-refractivity contribution in [3.05, 3.63) is 85.1 Å². The number of carbonyl (C=O) groups excluding carboxylic acids is 2. The van der Waals surface area contributed by atoms with Gasteiger partial charge in [0, 0.05) is 12.8 Å². The van der Waals surface area contributed by atoms with Crippen molar-refractivity contribution < 1.29 is 47.8 Å². The molecule has 0 rings (SSSR count). The smallest absolute Gasteiger partial charge is 0.462 e. The lowest BCUT2D eigenvalue weighted by molar-refractivity contribution is -0.161. The van der Waals surface area contributed by atoms with Crippen molar-refractivity contribution in [2.24, 2.45) is 0 Å². The van der Waals surface area contributed by atoms with E-state index in [-0.39, 0.29) is 19.4 Å². The Bertz CT molecular complexity index is 1190. The molecule has 0 spiro atoms. The van der Waals surface area contributed by atoms with Gasteiger partial charge in [0.1, 0.15) is 12.7 Å². The van der Waals surface area contributed by atoms with Crippen LogP contribution in [0.15, 0.2) is 85.1 Å². The predicted molar refractivity (Wildman–Crippen MR) is 223 cm³/mol. The number of hydrogen-bond donors (Lipinski definition) is 3. The van der Waals surface area contributed by atoms with E-state index < -0.39 is 51.8 Å². The van der Waals surface area contributed by atoms with E-state index in [9.17, 15) is 24.2 Å². The van der Waals surface area contributed by atoms with Gasteiger partial charge in [0.05, 0.1) is 19.8 Å². The summed E-state index contributed by atoms with van der Waals surface area (Å²) in [5, 5.41) is 18.3. The molecule has 0 aliphatic heterocycles. The first-order chi connectivity index (χ1) is 26.7. The maximum Gasteiger partial charge on any atom is 0.472 e. The van der Waals surface area contributed by atoms with Crippen LogP contribution in [-0.2, 0) is 32.7 Å². The third-order valence-electron chi connectivity index (χ3n) is 8.04. The molecule has 0 aromatic carbocycles. The highest BCUT2D eigenvalue weighted by Gasteiger charge is 2.27. The van der Waals surface area contributed by atoms with Crippen LogP contribution in [0.2, 0.25) is 0 Å². The number of esters is 2. The molecule has 0 saturated carbocycles. The number of carbonyl (C=O) groups is 2. The van der Waals surface area contributed by atoms with Gasteiger partial charge in [0.25, 0.3) is 0 Å². The molecule has 0 aromatic heterocycles. The van der Waals surface area contributed by atoms with Crippen LogP contribution >= 0.6 is 7.82 Å². The highest BCUT2D eigenvalue weighted by atomic mass is 31.2. The molecular formula is C44H73O10P. The Hall–Kier alpha value is -2.85. The molecule has 314 valence electrons. The molecule has 0 saturated heterocycles. The summed E-state index contributed by atoms with van der Waals surface area (Å²) in [4.78, 5) is 34.9. The first kappa shape index (κ1) is 52.2. The molecule has 0 bridgehead atoms. The summed E-state index contributed by atoms with van der Waals surface area (Å²) in [5.74, 6) is -0.986. The van der Waals surface area contributed by atoms with Gasteiger partial charge < -0.3 is 24.6 Å². The van der Waals surface area contributed by atoms with E-state index in [0.717, 1.165) is 103 Å². The van der Waals surface area contributed by atoms with Crippen LogP contribution in [0.25, 0.3) is 0 Å². The zero-order valence-corrected chi connectivity index (χ0v) is 34.7. The average molecular weight is 793 g/mol. The van der Waals surface area contributed by atoms with E-state index in [2.05, 4.69) is 103 Å². The highest BCUT2D eigenvalue weighted by Crippen LogP contribution is 2.43. The quantitative estimate of drug-likeness (QED) is 0.0240. The summed E-state index contributed by atoms with van der Waals surface area (Å²) >= 11 is 0. The third kappa shape index (κ3) is 39.2. The minimum absolute atomic E-state index is 0.156. The first-order valence-corrected chi connectivity index (χ1v) is 22.0. The number of phosphoric acid groups is 1. The fourth-order valence-electron chi connectivity index (χ4n) is 4.94. The molecule has 3 unspecified atom stereocenters. The van der Waals surface area contributed by atoms with Crippen molar-refractivity contribution in [1.82, 2.24) is 0 Å². The second-order valence-electron chi connectivity index (χ2n) is 13.2. The van der Waals surface area contributed by atoms with E-state index in [1.54, 1.807) is 0 Å². The summed E-state index contributed by atoms with van der Waals surface area (Å²) in [6.07, 6.45) is 45.5. The van der Waals surface area contributed by atoms with E-state index in [0.29, 0.717) is 12.8 Å². The highest BCUT2D eigenvalue weighted by molar-refractivity contribution is 7.47. The lowest BCUT2D eigenvalue weighted by Crippen LogP contribution is -2.29. The molecular weight excluding hydrogens is 719 g/mol. The summed E-state index contributed by atoms with van der Waals surface area (Å²) in [7, 11) is -4.63. The number of allylic oxidation sites excluding steroid dienone is 14. The minimum atomic E-state index is -4.63. The molecule has 0 aliphatic rings. The minimum Gasteiger partial charge on any atom is -0.462 e. The van der Waals surface area contributed by atoms with Gasteiger partial charge in [-0.3, -0.25) is 18.6 Å². The van der Waals surface area contributed by atoms with Crippen LogP contribution in [0.5, 0.6) is 0 Å². The van der Waals surface area contributed by atoms with Crippen LogP contribution in [0.4, 0.5) is 0 Å².